The zero-order chi connectivity index (χ0) is 23.7. The quantitative estimate of drug-likeness (QED) is 0.287. The molecular weight excluding hydrogens is 434 g/mol. The summed E-state index contributed by atoms with van der Waals surface area (Å²) in [7, 11) is 0. The summed E-state index contributed by atoms with van der Waals surface area (Å²) in [5.41, 5.74) is 2.90. The van der Waals surface area contributed by atoms with Gasteiger partial charge in [0, 0.05) is 28.2 Å². The molecule has 9 nitrogen and oxygen atoms in total. The van der Waals surface area contributed by atoms with Crippen LogP contribution in [0.4, 0.5) is 0 Å². The first-order valence-corrected chi connectivity index (χ1v) is 10.8. The van der Waals surface area contributed by atoms with Crippen molar-refractivity contribution < 1.29 is 14.3 Å². The van der Waals surface area contributed by atoms with Crippen molar-refractivity contribution in [3.63, 3.8) is 0 Å². The molecule has 3 aromatic heterocycles. The largest absolute Gasteiger partial charge is 0.448 e. The Morgan fingerprint density at radius 3 is 2.68 bits per heavy atom. The maximum atomic E-state index is 13.6. The highest BCUT2D eigenvalue weighted by molar-refractivity contribution is 6.11. The van der Waals surface area contributed by atoms with E-state index in [1.54, 1.807) is 30.5 Å². The van der Waals surface area contributed by atoms with Crippen molar-refractivity contribution in [1.29, 1.82) is 0 Å². The normalized spacial score (nSPS) is 12.1. The van der Waals surface area contributed by atoms with Crippen molar-refractivity contribution in [2.24, 2.45) is 0 Å². The summed E-state index contributed by atoms with van der Waals surface area (Å²) in [5.74, 6) is -1.01. The number of nitrogens with zero attached hydrogens (tertiary/aromatic N) is 3. The molecule has 2 N–H and O–H groups in total. The summed E-state index contributed by atoms with van der Waals surface area (Å²) in [6.45, 7) is 1.75. The summed E-state index contributed by atoms with van der Waals surface area (Å²) in [5, 5.41) is 5.12. The number of carbonyl (C=O) groups excluding carboxylic acids is 2. The van der Waals surface area contributed by atoms with Crippen LogP contribution in [0.25, 0.3) is 21.9 Å². The first-order valence-electron chi connectivity index (χ1n) is 10.8. The van der Waals surface area contributed by atoms with Crippen LogP contribution in [0, 0.1) is 0 Å². The number of carbonyl (C=O) groups is 2. The van der Waals surface area contributed by atoms with Crippen LogP contribution in [-0.2, 0) is 22.5 Å². The molecule has 0 radical (unpaired) electrons. The summed E-state index contributed by atoms with van der Waals surface area (Å²) in [6, 6.07) is 14.7. The molecule has 0 spiro atoms. The average Bonchev–Trinajstić information content (AvgIpc) is 3.48. The highest BCUT2D eigenvalue weighted by Gasteiger charge is 2.28. The molecular formula is C25H21N5O4. The van der Waals surface area contributed by atoms with Crippen LogP contribution in [0.2, 0.25) is 0 Å². The molecule has 0 saturated carbocycles. The van der Waals surface area contributed by atoms with Gasteiger partial charge in [-0.05, 0) is 12.0 Å². The fourth-order valence-electron chi connectivity index (χ4n) is 4.07. The zero-order valence-electron chi connectivity index (χ0n) is 18.3. The maximum absolute atomic E-state index is 13.6. The third kappa shape index (κ3) is 3.77. The van der Waals surface area contributed by atoms with E-state index >= 15 is 0 Å². The molecule has 2 aromatic carbocycles. The molecule has 0 aliphatic rings. The molecule has 170 valence electrons. The Kier molecular flexibility index (Phi) is 5.51. The Morgan fingerprint density at radius 2 is 1.88 bits per heavy atom. The Labute approximate surface area is 193 Å². The third-order valence-electron chi connectivity index (χ3n) is 5.76. The summed E-state index contributed by atoms with van der Waals surface area (Å²) >= 11 is 0. The van der Waals surface area contributed by atoms with Gasteiger partial charge in [-0.3, -0.25) is 14.4 Å². The molecule has 3 heterocycles. The first-order chi connectivity index (χ1) is 16.6. The number of esters is 1. The van der Waals surface area contributed by atoms with Crippen molar-refractivity contribution in [3.8, 4) is 0 Å². The lowest BCUT2D eigenvalue weighted by Crippen LogP contribution is -2.23. The van der Waals surface area contributed by atoms with Crippen LogP contribution in [0.15, 0.2) is 72.0 Å². The molecule has 5 aromatic rings. The first kappa shape index (κ1) is 21.3. The molecule has 0 saturated heterocycles. The molecule has 0 bridgehead atoms. The second kappa shape index (κ2) is 8.78. The second-order valence-electron chi connectivity index (χ2n) is 7.81. The van der Waals surface area contributed by atoms with Crippen molar-refractivity contribution >= 4 is 33.7 Å². The van der Waals surface area contributed by atoms with Crippen molar-refractivity contribution in [1.82, 2.24) is 24.7 Å². The number of ether oxygens (including phenoxy) is 1. The number of aryl methyl sites for hydroxylation is 1. The van der Waals surface area contributed by atoms with Gasteiger partial charge in [0.15, 0.2) is 11.8 Å². The van der Waals surface area contributed by atoms with E-state index in [1.165, 1.54) is 17.2 Å². The number of hydrogen-bond acceptors (Lipinski definition) is 6. The smallest absolute Gasteiger partial charge is 0.328 e. The lowest BCUT2D eigenvalue weighted by molar-refractivity contribution is -0.148. The van der Waals surface area contributed by atoms with Gasteiger partial charge in [-0.25, -0.2) is 9.67 Å². The minimum atomic E-state index is -1.14. The van der Waals surface area contributed by atoms with Gasteiger partial charge >= 0.3 is 5.97 Å². The van der Waals surface area contributed by atoms with E-state index in [0.29, 0.717) is 11.1 Å². The van der Waals surface area contributed by atoms with Crippen LogP contribution < -0.4 is 5.56 Å². The highest BCUT2D eigenvalue weighted by Crippen LogP contribution is 2.29. The number of H-pyrrole nitrogens is 2. The Morgan fingerprint density at radius 1 is 1.06 bits per heavy atom. The average molecular weight is 455 g/mol. The fourth-order valence-corrected chi connectivity index (χ4v) is 4.07. The van der Waals surface area contributed by atoms with E-state index in [0.717, 1.165) is 22.9 Å². The minimum Gasteiger partial charge on any atom is -0.448 e. The van der Waals surface area contributed by atoms with Crippen LogP contribution in [0.5, 0.6) is 0 Å². The van der Waals surface area contributed by atoms with Gasteiger partial charge in [0.1, 0.15) is 11.9 Å². The Hall–Kier alpha value is -4.53. The standard InChI is InChI=1S/C25H21N5O4/c1-2-15-9-6-10-17-18(11-26-21(15)17)22(32)23(16-7-4-3-5-8-16)34-20(31)13-30-24-19(12-29-30)25(33)28-14-27-24/h3-12,14,23,26H,2,13H2,1H3,(H,27,28,33). The lowest BCUT2D eigenvalue weighted by atomic mass is 9.98. The van der Waals surface area contributed by atoms with E-state index in [9.17, 15) is 14.4 Å². The van der Waals surface area contributed by atoms with Gasteiger partial charge in [0.05, 0.1) is 12.5 Å². The van der Waals surface area contributed by atoms with E-state index in [2.05, 4.69) is 20.1 Å². The third-order valence-corrected chi connectivity index (χ3v) is 5.76. The van der Waals surface area contributed by atoms with Crippen molar-refractivity contribution in [3.05, 3.63) is 94.3 Å². The molecule has 5 rings (SSSR count). The number of Topliss-reactive ketones (excluding diaryl/α,β-unsaturated/α-hetero) is 1. The molecule has 1 atom stereocenters. The van der Waals surface area contributed by atoms with Crippen LogP contribution >= 0.6 is 0 Å². The van der Waals surface area contributed by atoms with E-state index in [1.807, 2.05) is 31.2 Å². The summed E-state index contributed by atoms with van der Waals surface area (Å²) in [4.78, 5) is 48.2. The lowest BCUT2D eigenvalue weighted by Gasteiger charge is -2.17. The Balaban J connectivity index is 1.47. The molecule has 0 fully saturated rings. The second-order valence-corrected chi connectivity index (χ2v) is 7.81. The monoisotopic (exact) mass is 455 g/mol. The molecule has 9 heteroatoms. The van der Waals surface area contributed by atoms with Crippen molar-refractivity contribution in [2.45, 2.75) is 26.0 Å². The summed E-state index contributed by atoms with van der Waals surface area (Å²) < 4.78 is 6.98. The number of para-hydroxylation sites is 1. The molecule has 0 aliphatic carbocycles. The number of rotatable bonds is 7. The highest BCUT2D eigenvalue weighted by atomic mass is 16.5. The van der Waals surface area contributed by atoms with E-state index in [-0.39, 0.29) is 28.9 Å². The molecule has 0 aliphatic heterocycles. The van der Waals surface area contributed by atoms with Gasteiger partial charge in [-0.1, -0.05) is 55.5 Å². The van der Waals surface area contributed by atoms with Gasteiger partial charge in [-0.15, -0.1) is 0 Å². The van der Waals surface area contributed by atoms with Crippen molar-refractivity contribution in [2.75, 3.05) is 0 Å². The number of hydrogen-bond donors (Lipinski definition) is 2. The predicted molar refractivity (Wildman–Crippen MR) is 125 cm³/mol. The van der Waals surface area contributed by atoms with Gasteiger partial charge in [0.25, 0.3) is 5.56 Å². The van der Waals surface area contributed by atoms with Gasteiger partial charge in [-0.2, -0.15) is 5.10 Å². The zero-order valence-corrected chi connectivity index (χ0v) is 18.3. The van der Waals surface area contributed by atoms with Crippen LogP contribution in [0.3, 0.4) is 0 Å². The number of nitrogens with one attached hydrogen (secondary N) is 2. The topological polar surface area (TPSA) is 123 Å². The Bertz CT molecular complexity index is 1560. The van der Waals surface area contributed by atoms with E-state index < -0.39 is 12.1 Å². The van der Waals surface area contributed by atoms with Gasteiger partial charge < -0.3 is 14.7 Å². The minimum absolute atomic E-state index is 0.256. The predicted octanol–water partition coefficient (Wildman–Crippen LogP) is 3.33. The van der Waals surface area contributed by atoms with Crippen LogP contribution in [0.1, 0.15) is 34.5 Å². The van der Waals surface area contributed by atoms with Gasteiger partial charge in [0.2, 0.25) is 5.78 Å². The number of ketones is 1. The number of aromatic nitrogens is 5. The molecule has 0 amide bonds. The maximum Gasteiger partial charge on any atom is 0.328 e. The SMILES string of the molecule is CCc1cccc2c(C(=O)C(OC(=O)Cn3ncc4c(=O)[nH]cnc43)c3ccccc3)c[nH]c12. The molecule has 1 unspecified atom stereocenters. The van der Waals surface area contributed by atoms with Crippen LogP contribution in [-0.4, -0.2) is 36.5 Å². The number of benzene rings is 2. The molecule has 34 heavy (non-hydrogen) atoms. The van der Waals surface area contributed by atoms with E-state index in [4.69, 9.17) is 4.74 Å². The fraction of sp³-hybridized carbons (Fsp3) is 0.160. The number of aromatic amines is 2. The summed E-state index contributed by atoms with van der Waals surface area (Å²) in [6.07, 6.45) is 3.92. The number of fused-ring (bicyclic) bond motifs is 2.